The summed E-state index contributed by atoms with van der Waals surface area (Å²) in [5.41, 5.74) is 1.48. The summed E-state index contributed by atoms with van der Waals surface area (Å²) in [4.78, 5) is 0. The molecule has 8 heavy (non-hydrogen) atoms. The Balaban J connectivity index is 2.29. The van der Waals surface area contributed by atoms with Crippen molar-refractivity contribution in [2.45, 2.75) is 12.8 Å². The van der Waals surface area contributed by atoms with E-state index in [1.807, 2.05) is 0 Å². The van der Waals surface area contributed by atoms with Crippen molar-refractivity contribution >= 4 is 7.92 Å². The topological polar surface area (TPSA) is 0 Å². The summed E-state index contributed by atoms with van der Waals surface area (Å²) in [5, 5.41) is 0. The van der Waals surface area contributed by atoms with Crippen LogP contribution in [0.2, 0.25) is 0 Å². The van der Waals surface area contributed by atoms with Crippen molar-refractivity contribution < 1.29 is 0 Å². The van der Waals surface area contributed by atoms with Crippen LogP contribution >= 0.6 is 7.92 Å². The van der Waals surface area contributed by atoms with Crippen LogP contribution in [0, 0.1) is 0 Å². The van der Waals surface area contributed by atoms with Crippen molar-refractivity contribution in [3.05, 3.63) is 12.2 Å². The van der Waals surface area contributed by atoms with Gasteiger partial charge in [-0.3, -0.25) is 0 Å². The van der Waals surface area contributed by atoms with Gasteiger partial charge in [-0.05, 0) is 31.8 Å². The lowest BCUT2D eigenvalue weighted by atomic mass is 10.2. The van der Waals surface area contributed by atoms with E-state index < -0.39 is 0 Å². The van der Waals surface area contributed by atoms with Gasteiger partial charge in [0.15, 0.2) is 0 Å². The molecule has 0 aromatic rings. The van der Waals surface area contributed by atoms with E-state index in [1.165, 1.54) is 30.7 Å². The van der Waals surface area contributed by atoms with Crippen molar-refractivity contribution in [1.29, 1.82) is 0 Å². The first-order chi connectivity index (χ1) is 3.79. The number of allylic oxidation sites excluding steroid dienone is 1. The lowest BCUT2D eigenvalue weighted by Gasteiger charge is -2.19. The first-order valence-electron chi connectivity index (χ1n) is 3.14. The highest BCUT2D eigenvalue weighted by Crippen LogP contribution is 2.38. The van der Waals surface area contributed by atoms with Gasteiger partial charge in [0.2, 0.25) is 0 Å². The summed E-state index contributed by atoms with van der Waals surface area (Å²) in [6.07, 6.45) is 5.49. The predicted molar refractivity (Wildman–Crippen MR) is 41.0 cm³/mol. The van der Waals surface area contributed by atoms with Crippen LogP contribution in [0.5, 0.6) is 0 Å². The van der Waals surface area contributed by atoms with E-state index in [4.69, 9.17) is 0 Å². The summed E-state index contributed by atoms with van der Waals surface area (Å²) < 4.78 is 0. The molecule has 0 bridgehead atoms. The quantitative estimate of drug-likeness (QED) is 0.347. The van der Waals surface area contributed by atoms with Crippen molar-refractivity contribution in [2.75, 3.05) is 19.0 Å². The van der Waals surface area contributed by atoms with Crippen LogP contribution in [-0.2, 0) is 0 Å². The Morgan fingerprint density at radius 3 is 2.25 bits per heavy atom. The highest BCUT2D eigenvalue weighted by atomic mass is 31.1. The first kappa shape index (κ1) is 6.29. The van der Waals surface area contributed by atoms with Gasteiger partial charge < -0.3 is 0 Å². The highest BCUT2D eigenvalue weighted by Gasteiger charge is 2.08. The molecule has 0 aromatic carbocycles. The maximum Gasteiger partial charge on any atom is -0.0283 e. The molecule has 0 spiro atoms. The number of rotatable bonds is 0. The van der Waals surface area contributed by atoms with Gasteiger partial charge in [-0.2, -0.15) is 0 Å². The van der Waals surface area contributed by atoms with E-state index in [-0.39, 0.29) is 0 Å². The summed E-state index contributed by atoms with van der Waals surface area (Å²) in [5.74, 6) is 0. The van der Waals surface area contributed by atoms with Crippen molar-refractivity contribution in [2.24, 2.45) is 0 Å². The number of hydrogen-bond acceptors (Lipinski definition) is 0. The summed E-state index contributed by atoms with van der Waals surface area (Å²) in [6, 6.07) is 0. The second-order valence-electron chi connectivity index (χ2n) is 2.55. The van der Waals surface area contributed by atoms with Gasteiger partial charge in [-0.25, -0.2) is 0 Å². The normalized spacial score (nSPS) is 23.9. The van der Waals surface area contributed by atoms with Crippen LogP contribution in [0.4, 0.5) is 0 Å². The summed E-state index contributed by atoms with van der Waals surface area (Å²) >= 11 is 0. The molecule has 46 valence electrons. The largest absolute Gasteiger partial charge is 0.109 e. The van der Waals surface area contributed by atoms with Gasteiger partial charge in [-0.1, -0.05) is 12.2 Å². The van der Waals surface area contributed by atoms with E-state index in [1.54, 1.807) is 0 Å². The molecule has 0 radical (unpaired) electrons. The van der Waals surface area contributed by atoms with Crippen LogP contribution in [0.15, 0.2) is 12.2 Å². The van der Waals surface area contributed by atoms with Gasteiger partial charge in [-0.15, -0.1) is 7.92 Å². The Morgan fingerprint density at radius 1 is 1.38 bits per heavy atom. The van der Waals surface area contributed by atoms with Crippen LogP contribution in [-0.4, -0.2) is 19.0 Å². The molecule has 1 saturated heterocycles. The summed E-state index contributed by atoms with van der Waals surface area (Å²) in [6.45, 7) is 6.35. The number of hydrogen-bond donors (Lipinski definition) is 0. The van der Waals surface area contributed by atoms with Crippen LogP contribution < -0.4 is 0 Å². The van der Waals surface area contributed by atoms with Gasteiger partial charge in [0, 0.05) is 0 Å². The lowest BCUT2D eigenvalue weighted by molar-refractivity contribution is 0.957. The Hall–Kier alpha value is 0.170. The third-order valence-electron chi connectivity index (χ3n) is 1.69. The highest BCUT2D eigenvalue weighted by molar-refractivity contribution is 7.56. The zero-order valence-corrected chi connectivity index (χ0v) is 6.38. The second-order valence-corrected chi connectivity index (χ2v) is 5.16. The predicted octanol–water partition coefficient (Wildman–Crippen LogP) is 2.45. The fourth-order valence-corrected chi connectivity index (χ4v) is 2.55. The van der Waals surface area contributed by atoms with Crippen molar-refractivity contribution in [3.8, 4) is 0 Å². The minimum absolute atomic E-state index is 0.421. The Kier molecular flexibility index (Phi) is 2.08. The fraction of sp³-hybridized carbons (Fsp3) is 0.714. The maximum atomic E-state index is 3.96. The van der Waals surface area contributed by atoms with E-state index in [2.05, 4.69) is 13.2 Å². The van der Waals surface area contributed by atoms with Crippen LogP contribution in [0.3, 0.4) is 0 Å². The minimum atomic E-state index is 0.421. The van der Waals surface area contributed by atoms with Crippen molar-refractivity contribution in [1.82, 2.24) is 0 Å². The monoisotopic (exact) mass is 128 g/mol. The van der Waals surface area contributed by atoms with Crippen LogP contribution in [0.1, 0.15) is 12.8 Å². The maximum absolute atomic E-state index is 3.96. The molecule has 0 N–H and O–H groups in total. The van der Waals surface area contributed by atoms with Crippen molar-refractivity contribution in [3.63, 3.8) is 0 Å². The molecule has 1 rings (SSSR count). The molecule has 0 saturated carbocycles. The molecule has 0 amide bonds. The second kappa shape index (κ2) is 2.64. The fourth-order valence-electron chi connectivity index (χ4n) is 0.935. The average Bonchev–Trinajstić information content (AvgIpc) is 1.77. The van der Waals surface area contributed by atoms with E-state index in [0.717, 1.165) is 0 Å². The molecule has 1 heterocycles. The molecule has 0 aromatic heterocycles. The molecular weight excluding hydrogens is 115 g/mol. The molecule has 1 aliphatic heterocycles. The van der Waals surface area contributed by atoms with Gasteiger partial charge >= 0.3 is 0 Å². The van der Waals surface area contributed by atoms with E-state index >= 15 is 0 Å². The van der Waals surface area contributed by atoms with Crippen LogP contribution in [0.25, 0.3) is 0 Å². The summed E-state index contributed by atoms with van der Waals surface area (Å²) in [7, 11) is 0.421. The molecule has 1 heteroatoms. The SMILES string of the molecule is C=C1CCP(C)CC1. The lowest BCUT2D eigenvalue weighted by Crippen LogP contribution is -1.99. The van der Waals surface area contributed by atoms with Gasteiger partial charge in [0.25, 0.3) is 0 Å². The Bertz CT molecular complexity index is 86.6. The van der Waals surface area contributed by atoms with E-state index in [9.17, 15) is 0 Å². The molecule has 1 aliphatic rings. The van der Waals surface area contributed by atoms with Gasteiger partial charge in [0.1, 0.15) is 0 Å². The minimum Gasteiger partial charge on any atom is -0.109 e. The molecule has 0 atom stereocenters. The zero-order chi connectivity index (χ0) is 5.98. The Morgan fingerprint density at radius 2 is 1.88 bits per heavy atom. The average molecular weight is 128 g/mol. The first-order valence-corrected chi connectivity index (χ1v) is 5.30. The molecule has 0 unspecified atom stereocenters. The third kappa shape index (κ3) is 1.59. The standard InChI is InChI=1S/C7H13P/c1-7-3-5-8(2)6-4-7/h1,3-6H2,2H3. The molecule has 0 nitrogen and oxygen atoms in total. The Labute approximate surface area is 52.7 Å². The molecular formula is C7H13P. The third-order valence-corrected chi connectivity index (χ3v) is 3.67. The van der Waals surface area contributed by atoms with Gasteiger partial charge in [0.05, 0.1) is 0 Å². The smallest absolute Gasteiger partial charge is 0.0283 e. The van der Waals surface area contributed by atoms with E-state index in [0.29, 0.717) is 7.92 Å². The molecule has 0 aliphatic carbocycles. The molecule has 1 fully saturated rings. The zero-order valence-electron chi connectivity index (χ0n) is 5.48.